The highest BCUT2D eigenvalue weighted by molar-refractivity contribution is 7.09. The van der Waals surface area contributed by atoms with Crippen molar-refractivity contribution in [3.8, 4) is 0 Å². The predicted molar refractivity (Wildman–Crippen MR) is 82.1 cm³/mol. The molecule has 0 aliphatic carbocycles. The molecule has 0 aromatic carbocycles. The SMILES string of the molecule is CCC(CC)(CN)C(=O)N(Cc1cccs1)C(C)C. The number of nitrogens with zero attached hydrogens (tertiary/aromatic N) is 1. The van der Waals surface area contributed by atoms with Crippen LogP contribution in [0.1, 0.15) is 45.4 Å². The molecule has 0 saturated heterocycles. The second kappa shape index (κ2) is 7.06. The van der Waals surface area contributed by atoms with Crippen LogP contribution in [0.4, 0.5) is 0 Å². The van der Waals surface area contributed by atoms with E-state index in [1.165, 1.54) is 4.88 Å². The molecule has 0 spiro atoms. The molecule has 3 nitrogen and oxygen atoms in total. The number of nitrogens with two attached hydrogens (primary N) is 1. The van der Waals surface area contributed by atoms with Gasteiger partial charge in [-0.3, -0.25) is 4.79 Å². The molecule has 1 amide bonds. The van der Waals surface area contributed by atoms with Crippen LogP contribution in [-0.4, -0.2) is 23.4 Å². The Morgan fingerprint density at radius 2 is 2.05 bits per heavy atom. The molecule has 1 aromatic rings. The standard InChI is InChI=1S/C15H26N2OS/c1-5-15(6-2,11-16)14(18)17(12(3)4)10-13-8-7-9-19-13/h7-9,12H,5-6,10-11,16H2,1-4H3. The van der Waals surface area contributed by atoms with E-state index in [1.807, 2.05) is 16.3 Å². The highest BCUT2D eigenvalue weighted by Crippen LogP contribution is 2.30. The fourth-order valence-electron chi connectivity index (χ4n) is 2.29. The summed E-state index contributed by atoms with van der Waals surface area (Å²) < 4.78 is 0. The second-order valence-corrected chi connectivity index (χ2v) is 6.33. The number of carbonyl (C=O) groups excluding carboxylic acids is 1. The molecular formula is C15H26N2OS. The van der Waals surface area contributed by atoms with Gasteiger partial charge in [0.25, 0.3) is 0 Å². The maximum absolute atomic E-state index is 12.9. The van der Waals surface area contributed by atoms with Gasteiger partial charge in [-0.05, 0) is 38.1 Å². The minimum atomic E-state index is -0.401. The molecule has 1 rings (SSSR count). The lowest BCUT2D eigenvalue weighted by Crippen LogP contribution is -2.49. The maximum Gasteiger partial charge on any atom is 0.230 e. The van der Waals surface area contributed by atoms with Gasteiger partial charge < -0.3 is 10.6 Å². The van der Waals surface area contributed by atoms with E-state index >= 15 is 0 Å². The van der Waals surface area contributed by atoms with E-state index in [1.54, 1.807) is 11.3 Å². The zero-order valence-corrected chi connectivity index (χ0v) is 13.3. The molecular weight excluding hydrogens is 256 g/mol. The molecule has 0 unspecified atom stereocenters. The van der Waals surface area contributed by atoms with E-state index in [9.17, 15) is 4.79 Å². The Morgan fingerprint density at radius 1 is 1.42 bits per heavy atom. The highest BCUT2D eigenvalue weighted by Gasteiger charge is 2.37. The summed E-state index contributed by atoms with van der Waals surface area (Å²) in [5.41, 5.74) is 5.49. The summed E-state index contributed by atoms with van der Waals surface area (Å²) in [7, 11) is 0. The van der Waals surface area contributed by atoms with Crippen LogP contribution in [0.15, 0.2) is 17.5 Å². The summed E-state index contributed by atoms with van der Waals surface area (Å²) in [6, 6.07) is 4.30. The number of hydrogen-bond donors (Lipinski definition) is 1. The van der Waals surface area contributed by atoms with Crippen LogP contribution in [-0.2, 0) is 11.3 Å². The van der Waals surface area contributed by atoms with Gasteiger partial charge in [0.05, 0.1) is 12.0 Å². The first kappa shape index (κ1) is 16.2. The Hall–Kier alpha value is -0.870. The summed E-state index contributed by atoms with van der Waals surface area (Å²) in [5, 5.41) is 2.05. The molecule has 0 atom stereocenters. The molecule has 0 saturated carbocycles. The van der Waals surface area contributed by atoms with Gasteiger partial charge in [-0.15, -0.1) is 11.3 Å². The fourth-order valence-corrected chi connectivity index (χ4v) is 3.00. The van der Waals surface area contributed by atoms with Crippen molar-refractivity contribution in [3.63, 3.8) is 0 Å². The molecule has 1 heterocycles. The molecule has 0 radical (unpaired) electrons. The molecule has 0 bridgehead atoms. The van der Waals surface area contributed by atoms with E-state index in [4.69, 9.17) is 5.73 Å². The van der Waals surface area contributed by atoms with Crippen molar-refractivity contribution in [2.75, 3.05) is 6.54 Å². The van der Waals surface area contributed by atoms with Crippen molar-refractivity contribution < 1.29 is 4.79 Å². The molecule has 0 aliphatic heterocycles. The quantitative estimate of drug-likeness (QED) is 0.834. The summed E-state index contributed by atoms with van der Waals surface area (Å²) in [6.45, 7) is 9.36. The monoisotopic (exact) mass is 282 g/mol. The Morgan fingerprint density at radius 3 is 2.42 bits per heavy atom. The fraction of sp³-hybridized carbons (Fsp3) is 0.667. The van der Waals surface area contributed by atoms with Gasteiger partial charge in [0.1, 0.15) is 0 Å². The minimum Gasteiger partial charge on any atom is -0.335 e. The largest absolute Gasteiger partial charge is 0.335 e. The minimum absolute atomic E-state index is 0.193. The van der Waals surface area contributed by atoms with Gasteiger partial charge in [-0.1, -0.05) is 19.9 Å². The van der Waals surface area contributed by atoms with E-state index in [0.717, 1.165) is 12.8 Å². The van der Waals surface area contributed by atoms with Crippen molar-refractivity contribution in [2.24, 2.45) is 11.1 Å². The van der Waals surface area contributed by atoms with E-state index in [0.29, 0.717) is 13.1 Å². The van der Waals surface area contributed by atoms with E-state index in [-0.39, 0.29) is 11.9 Å². The van der Waals surface area contributed by atoms with Crippen molar-refractivity contribution >= 4 is 17.2 Å². The summed E-state index contributed by atoms with van der Waals surface area (Å²) >= 11 is 1.69. The third-order valence-corrected chi connectivity index (χ3v) is 4.85. The highest BCUT2D eigenvalue weighted by atomic mass is 32.1. The first-order chi connectivity index (χ1) is 9.00. The second-order valence-electron chi connectivity index (χ2n) is 5.30. The smallest absolute Gasteiger partial charge is 0.230 e. The number of hydrogen-bond acceptors (Lipinski definition) is 3. The van der Waals surface area contributed by atoms with E-state index in [2.05, 4.69) is 33.8 Å². The first-order valence-electron chi connectivity index (χ1n) is 7.04. The van der Waals surface area contributed by atoms with Gasteiger partial charge >= 0.3 is 0 Å². The van der Waals surface area contributed by atoms with Crippen molar-refractivity contribution in [1.29, 1.82) is 0 Å². The lowest BCUT2D eigenvalue weighted by molar-refractivity contribution is -0.144. The Balaban J connectivity index is 2.95. The van der Waals surface area contributed by atoms with Crippen molar-refractivity contribution in [2.45, 2.75) is 53.1 Å². The third-order valence-electron chi connectivity index (χ3n) is 3.99. The molecule has 108 valence electrons. The van der Waals surface area contributed by atoms with Crippen LogP contribution in [0.25, 0.3) is 0 Å². The Kier molecular flexibility index (Phi) is 6.01. The molecule has 4 heteroatoms. The average molecular weight is 282 g/mol. The van der Waals surface area contributed by atoms with E-state index < -0.39 is 5.41 Å². The summed E-state index contributed by atoms with van der Waals surface area (Å²) in [6.07, 6.45) is 1.60. The van der Waals surface area contributed by atoms with Gasteiger partial charge in [0.2, 0.25) is 5.91 Å². The van der Waals surface area contributed by atoms with Gasteiger partial charge in [-0.25, -0.2) is 0 Å². The van der Waals surface area contributed by atoms with Crippen LogP contribution in [0, 0.1) is 5.41 Å². The Bertz CT molecular complexity index is 375. The number of thiophene rings is 1. The molecule has 0 aliphatic rings. The molecule has 0 fully saturated rings. The molecule has 2 N–H and O–H groups in total. The van der Waals surface area contributed by atoms with Crippen LogP contribution in [0.5, 0.6) is 0 Å². The topological polar surface area (TPSA) is 46.3 Å². The van der Waals surface area contributed by atoms with Crippen molar-refractivity contribution in [1.82, 2.24) is 4.90 Å². The van der Waals surface area contributed by atoms with Crippen LogP contribution in [0.2, 0.25) is 0 Å². The zero-order chi connectivity index (χ0) is 14.5. The third kappa shape index (κ3) is 3.57. The lowest BCUT2D eigenvalue weighted by Gasteiger charge is -2.37. The maximum atomic E-state index is 12.9. The van der Waals surface area contributed by atoms with Crippen molar-refractivity contribution in [3.05, 3.63) is 22.4 Å². The summed E-state index contributed by atoms with van der Waals surface area (Å²) in [4.78, 5) is 16.1. The lowest BCUT2D eigenvalue weighted by atomic mass is 9.80. The first-order valence-corrected chi connectivity index (χ1v) is 7.92. The van der Waals surface area contributed by atoms with Crippen LogP contribution in [0.3, 0.4) is 0 Å². The van der Waals surface area contributed by atoms with Gasteiger partial charge in [-0.2, -0.15) is 0 Å². The Labute approximate surface area is 120 Å². The molecule has 19 heavy (non-hydrogen) atoms. The van der Waals surface area contributed by atoms with Crippen LogP contribution < -0.4 is 5.73 Å². The summed E-state index contributed by atoms with van der Waals surface area (Å²) in [5.74, 6) is 0.198. The number of rotatable bonds is 7. The van der Waals surface area contributed by atoms with Gasteiger partial charge in [0.15, 0.2) is 0 Å². The number of amides is 1. The average Bonchev–Trinajstić information content (AvgIpc) is 2.91. The van der Waals surface area contributed by atoms with Gasteiger partial charge in [0, 0.05) is 17.5 Å². The normalized spacial score (nSPS) is 11.9. The number of carbonyl (C=O) groups is 1. The predicted octanol–water partition coefficient (Wildman–Crippen LogP) is 3.25. The van der Waals surface area contributed by atoms with Crippen LogP contribution >= 0.6 is 11.3 Å². The zero-order valence-electron chi connectivity index (χ0n) is 12.5. The molecule has 1 aromatic heterocycles.